The van der Waals surface area contributed by atoms with Gasteiger partial charge in [0, 0.05) is 53.8 Å². The minimum Gasteiger partial charge on any atom is -0.504 e. The van der Waals surface area contributed by atoms with Crippen LogP contribution in [0.15, 0.2) is 91.0 Å². The van der Waals surface area contributed by atoms with Crippen molar-refractivity contribution in [3.05, 3.63) is 108 Å². The summed E-state index contributed by atoms with van der Waals surface area (Å²) >= 11 is 0. The molecule has 7 rings (SSSR count). The molecule has 3 aliphatic rings. The molecule has 0 spiro atoms. The average molecular weight is 531 g/mol. The predicted octanol–water partition coefficient (Wildman–Crippen LogP) is 7.70. The van der Waals surface area contributed by atoms with Crippen LogP contribution < -0.4 is 10.1 Å². The van der Waals surface area contributed by atoms with Gasteiger partial charge >= 0.3 is 0 Å². The van der Waals surface area contributed by atoms with Gasteiger partial charge in [-0.05, 0) is 60.9 Å². The topological polar surface area (TPSA) is 61.8 Å². The molecule has 3 heterocycles. The number of piperidine rings is 1. The molecule has 3 aliphatic heterocycles. The van der Waals surface area contributed by atoms with Gasteiger partial charge in [-0.2, -0.15) is 0 Å². The number of para-hydroxylation sites is 2. The second-order valence-corrected chi connectivity index (χ2v) is 11.5. The van der Waals surface area contributed by atoms with Gasteiger partial charge in [-0.3, -0.25) is 9.69 Å². The Morgan fingerprint density at radius 3 is 2.42 bits per heavy atom. The zero-order valence-corrected chi connectivity index (χ0v) is 22.7. The number of anilines is 1. The summed E-state index contributed by atoms with van der Waals surface area (Å²) in [4.78, 5) is 14.6. The van der Waals surface area contributed by atoms with E-state index in [-0.39, 0.29) is 17.6 Å². The highest BCUT2D eigenvalue weighted by Crippen LogP contribution is 2.55. The fourth-order valence-corrected chi connectivity index (χ4v) is 7.41. The number of phenolic OH excluding ortho intramolecular Hbond substituents is 1. The van der Waals surface area contributed by atoms with E-state index < -0.39 is 0 Å². The lowest BCUT2D eigenvalue weighted by atomic mass is 9.72. The van der Waals surface area contributed by atoms with Gasteiger partial charge in [0.25, 0.3) is 0 Å². The molecule has 3 atom stereocenters. The molecule has 3 unspecified atom stereocenters. The van der Waals surface area contributed by atoms with Gasteiger partial charge in [-0.1, -0.05) is 72.8 Å². The summed E-state index contributed by atoms with van der Waals surface area (Å²) in [5.41, 5.74) is 6.33. The Hall–Kier alpha value is -4.09. The van der Waals surface area contributed by atoms with E-state index in [9.17, 15) is 9.90 Å². The highest BCUT2D eigenvalue weighted by atomic mass is 16.5. The number of phenols is 1. The molecular weight excluding hydrogens is 496 g/mol. The van der Waals surface area contributed by atoms with Gasteiger partial charge < -0.3 is 15.2 Å². The first-order chi connectivity index (χ1) is 19.5. The van der Waals surface area contributed by atoms with Crippen molar-refractivity contribution in [2.75, 3.05) is 5.32 Å². The quantitative estimate of drug-likeness (QED) is 0.278. The molecule has 40 heavy (non-hydrogen) atoms. The zero-order valence-electron chi connectivity index (χ0n) is 22.7. The van der Waals surface area contributed by atoms with E-state index in [0.717, 1.165) is 47.5 Å². The highest BCUT2D eigenvalue weighted by Gasteiger charge is 2.45. The van der Waals surface area contributed by atoms with Crippen LogP contribution in [0.4, 0.5) is 5.69 Å². The number of nitrogens with one attached hydrogen (secondary N) is 1. The Kier molecular flexibility index (Phi) is 6.32. The van der Waals surface area contributed by atoms with Crippen LogP contribution in [0.25, 0.3) is 11.1 Å². The molecule has 2 N–H and O–H groups in total. The van der Waals surface area contributed by atoms with Crippen LogP contribution in [0.1, 0.15) is 55.2 Å². The van der Waals surface area contributed by atoms with Gasteiger partial charge in [0.05, 0.1) is 0 Å². The van der Waals surface area contributed by atoms with Crippen LogP contribution in [0.2, 0.25) is 0 Å². The summed E-state index contributed by atoms with van der Waals surface area (Å²) < 4.78 is 6.43. The largest absolute Gasteiger partial charge is 0.504 e. The molecule has 202 valence electrons. The molecule has 5 heteroatoms. The third-order valence-electron chi connectivity index (χ3n) is 9.07. The number of benzene rings is 4. The van der Waals surface area contributed by atoms with E-state index in [4.69, 9.17) is 4.74 Å². The second-order valence-electron chi connectivity index (χ2n) is 11.5. The third kappa shape index (κ3) is 4.44. The summed E-state index contributed by atoms with van der Waals surface area (Å²) in [5.74, 6) is 2.06. The molecule has 5 nitrogen and oxygen atoms in total. The molecular formula is C35H34N2O3. The van der Waals surface area contributed by atoms with Crippen molar-refractivity contribution in [1.82, 2.24) is 4.90 Å². The maximum Gasteiger partial charge on any atom is 0.221 e. The number of amides is 1. The van der Waals surface area contributed by atoms with Crippen LogP contribution in [0.5, 0.6) is 17.2 Å². The van der Waals surface area contributed by atoms with Crippen molar-refractivity contribution in [3.63, 3.8) is 0 Å². The first-order valence-electron chi connectivity index (χ1n) is 14.4. The number of hydrogen-bond donors (Lipinski definition) is 2. The second kappa shape index (κ2) is 10.1. The SMILES string of the molecule is CC(=O)Nc1ccccc1-c1ccc2c(c1)Oc1c(O)cccc1C2C1CC2CCC(C1)N2Cc1ccccc1. The van der Waals surface area contributed by atoms with Gasteiger partial charge in [0.2, 0.25) is 5.91 Å². The van der Waals surface area contributed by atoms with Crippen LogP contribution >= 0.6 is 0 Å². The summed E-state index contributed by atoms with van der Waals surface area (Å²) in [6.45, 7) is 2.54. The number of ether oxygens (including phenoxy) is 1. The Balaban J connectivity index is 1.24. The van der Waals surface area contributed by atoms with E-state index in [1.165, 1.54) is 30.9 Å². The fourth-order valence-electron chi connectivity index (χ4n) is 7.41. The molecule has 1 amide bonds. The van der Waals surface area contributed by atoms with Gasteiger partial charge in [-0.25, -0.2) is 0 Å². The van der Waals surface area contributed by atoms with E-state index in [1.807, 2.05) is 30.3 Å². The number of carbonyl (C=O) groups is 1. The average Bonchev–Trinajstić information content (AvgIpc) is 3.18. The molecule has 2 bridgehead atoms. The van der Waals surface area contributed by atoms with E-state index in [0.29, 0.717) is 23.8 Å². The summed E-state index contributed by atoms with van der Waals surface area (Å²) in [6, 6.07) is 32.0. The Labute approximate surface area is 235 Å². The Morgan fingerprint density at radius 1 is 0.900 bits per heavy atom. The summed E-state index contributed by atoms with van der Waals surface area (Å²) in [7, 11) is 0. The number of carbonyl (C=O) groups excluding carboxylic acids is 1. The lowest BCUT2D eigenvalue weighted by molar-refractivity contribution is -0.114. The maximum absolute atomic E-state index is 11.8. The summed E-state index contributed by atoms with van der Waals surface area (Å²) in [5, 5.41) is 13.8. The molecule has 0 saturated carbocycles. The Bertz CT molecular complexity index is 1550. The minimum atomic E-state index is -0.103. The maximum atomic E-state index is 11.8. The fraction of sp³-hybridized carbons (Fsp3) is 0.286. The van der Waals surface area contributed by atoms with Crippen molar-refractivity contribution >= 4 is 11.6 Å². The number of rotatable bonds is 5. The van der Waals surface area contributed by atoms with Crippen molar-refractivity contribution in [2.45, 2.75) is 57.2 Å². The number of hydrogen-bond acceptors (Lipinski definition) is 4. The lowest BCUT2D eigenvalue weighted by Gasteiger charge is -2.43. The Morgan fingerprint density at radius 2 is 1.65 bits per heavy atom. The summed E-state index contributed by atoms with van der Waals surface area (Å²) in [6.07, 6.45) is 4.76. The molecule has 2 fully saturated rings. The van der Waals surface area contributed by atoms with Crippen LogP contribution in [0, 0.1) is 5.92 Å². The van der Waals surface area contributed by atoms with E-state index in [1.54, 1.807) is 6.07 Å². The van der Waals surface area contributed by atoms with Gasteiger partial charge in [0.15, 0.2) is 11.5 Å². The van der Waals surface area contributed by atoms with Crippen LogP contribution in [-0.2, 0) is 11.3 Å². The smallest absolute Gasteiger partial charge is 0.221 e. The normalized spacial score (nSPS) is 23.1. The van der Waals surface area contributed by atoms with Gasteiger partial charge in [-0.15, -0.1) is 0 Å². The van der Waals surface area contributed by atoms with Crippen molar-refractivity contribution < 1.29 is 14.6 Å². The zero-order chi connectivity index (χ0) is 27.2. The first-order valence-corrected chi connectivity index (χ1v) is 14.4. The number of aromatic hydroxyl groups is 1. The van der Waals surface area contributed by atoms with E-state index in [2.05, 4.69) is 64.8 Å². The third-order valence-corrected chi connectivity index (χ3v) is 9.07. The molecule has 0 aliphatic carbocycles. The predicted molar refractivity (Wildman–Crippen MR) is 158 cm³/mol. The standard InChI is InChI=1S/C35H34N2O3/c1-22(38)36-31-12-6-5-10-28(31)24-14-17-29-33(20-24)40-35-30(11-7-13-32(35)39)34(29)25-18-26-15-16-27(19-25)37(26)21-23-8-3-2-4-9-23/h2-14,17,20,25-27,34,39H,15-16,18-19,21H2,1H3,(H,36,38). The number of fused-ring (bicyclic) bond motifs is 4. The van der Waals surface area contributed by atoms with Gasteiger partial charge in [0.1, 0.15) is 5.75 Å². The monoisotopic (exact) mass is 530 g/mol. The van der Waals surface area contributed by atoms with Crippen molar-refractivity contribution in [2.24, 2.45) is 5.92 Å². The lowest BCUT2D eigenvalue weighted by Crippen LogP contribution is -2.43. The molecule has 0 aromatic heterocycles. The molecule has 2 saturated heterocycles. The first kappa shape index (κ1) is 24.9. The molecule has 0 radical (unpaired) electrons. The van der Waals surface area contributed by atoms with E-state index >= 15 is 0 Å². The highest BCUT2D eigenvalue weighted by molar-refractivity contribution is 5.94. The van der Waals surface area contributed by atoms with Crippen molar-refractivity contribution in [3.8, 4) is 28.4 Å². The molecule has 4 aromatic rings. The van der Waals surface area contributed by atoms with Crippen LogP contribution in [0.3, 0.4) is 0 Å². The van der Waals surface area contributed by atoms with Crippen molar-refractivity contribution in [1.29, 1.82) is 0 Å². The molecule has 4 aromatic carbocycles. The number of nitrogens with zero attached hydrogens (tertiary/aromatic N) is 1. The minimum absolute atomic E-state index is 0.103. The van der Waals surface area contributed by atoms with Crippen LogP contribution in [-0.4, -0.2) is 28.0 Å².